The Balaban J connectivity index is -0.0000000267. The van der Waals surface area contributed by atoms with E-state index in [4.69, 9.17) is 38.4 Å². The van der Waals surface area contributed by atoms with E-state index in [1.807, 2.05) is 0 Å². The van der Waals surface area contributed by atoms with Crippen LogP contribution in [0.4, 0.5) is 0 Å². The van der Waals surface area contributed by atoms with Crippen molar-refractivity contribution in [2.45, 2.75) is 0 Å². The maximum Gasteiger partial charge on any atom is 1.00 e. The van der Waals surface area contributed by atoms with Gasteiger partial charge in [0.25, 0.3) is 0 Å². The Morgan fingerprint density at radius 3 is 0.583 bits per heavy atom. The number of hydrogen-bond acceptors (Lipinski definition) is 8. The fourth-order valence-corrected chi connectivity index (χ4v) is 0. The molecule has 0 atom stereocenters. The van der Waals surface area contributed by atoms with Crippen LogP contribution in [0.15, 0.2) is 0 Å². The van der Waals surface area contributed by atoms with Crippen LogP contribution in [-0.4, -0.2) is 61.9 Å². The monoisotopic (exact) mass is 234 g/mol. The molecule has 0 heterocycles. The predicted octanol–water partition coefficient (Wildman–Crippen LogP) is -8.93. The van der Waals surface area contributed by atoms with Gasteiger partial charge in [-0.1, -0.05) is 0 Å². The van der Waals surface area contributed by atoms with E-state index < -0.39 is 18.1 Å². The maximum atomic E-state index is 7.33. The van der Waals surface area contributed by atoms with E-state index in [0.717, 1.165) is 0 Å². The molecular formula is H11NaO9Si2. The Morgan fingerprint density at radius 1 is 0.583 bits per heavy atom. The van der Waals surface area contributed by atoms with Crippen LogP contribution in [0.2, 0.25) is 0 Å². The number of rotatable bonds is 0. The zero-order chi connectivity index (χ0) is 9.00. The van der Waals surface area contributed by atoms with E-state index in [2.05, 4.69) is 0 Å². The van der Waals surface area contributed by atoms with Gasteiger partial charge in [0.15, 0.2) is 0 Å². The first kappa shape index (κ1) is 23.1. The van der Waals surface area contributed by atoms with Crippen LogP contribution in [-0.2, 0) is 0 Å². The molecule has 0 saturated carbocycles. The van der Waals surface area contributed by atoms with Gasteiger partial charge in [0, 0.05) is 0 Å². The van der Waals surface area contributed by atoms with Gasteiger partial charge < -0.3 is 45.3 Å². The van der Waals surface area contributed by atoms with E-state index >= 15 is 0 Å². The van der Waals surface area contributed by atoms with Crippen LogP contribution in [0.3, 0.4) is 0 Å². The third-order valence-electron chi connectivity index (χ3n) is 0. The summed E-state index contributed by atoms with van der Waals surface area (Å²) in [6.45, 7) is 0. The molecule has 0 amide bonds. The molecule has 0 aliphatic heterocycles. The van der Waals surface area contributed by atoms with Crippen LogP contribution in [0.25, 0.3) is 0 Å². The normalized spacial score (nSPS) is 10.0. The van der Waals surface area contributed by atoms with Crippen LogP contribution in [0.1, 0.15) is 1.43 Å². The fourth-order valence-electron chi connectivity index (χ4n) is 0. The van der Waals surface area contributed by atoms with Crippen molar-refractivity contribution in [3.05, 3.63) is 0 Å². The molecule has 0 saturated heterocycles. The molecule has 0 unspecified atom stereocenters. The minimum atomic E-state index is -4.61. The molecule has 0 rings (SSSR count). The molecule has 74 valence electrons. The van der Waals surface area contributed by atoms with Gasteiger partial charge in [0.1, 0.15) is 0 Å². The fraction of sp³-hybridized carbons (Fsp3) is 0. The second kappa shape index (κ2) is 8.66. The molecule has 0 aromatic heterocycles. The van der Waals surface area contributed by atoms with Gasteiger partial charge in [0.05, 0.1) is 0 Å². The molecule has 0 spiro atoms. The summed E-state index contributed by atoms with van der Waals surface area (Å²) in [5.74, 6) is 0. The third kappa shape index (κ3) is 975. The van der Waals surface area contributed by atoms with Crippen molar-refractivity contribution >= 4 is 18.1 Å². The van der Waals surface area contributed by atoms with Crippen molar-refractivity contribution < 1.29 is 74.8 Å². The van der Waals surface area contributed by atoms with E-state index in [1.165, 1.54) is 0 Å². The Hall–Kier alpha value is 1.07. The standard InChI is InChI=1S/Na.2H4O4Si.H2O.H/c;2*1-5(2,3)4;;/h;2*1-4H;1H2;/q+1;;;;-1. The second-order valence-electron chi connectivity index (χ2n) is 1.20. The molecule has 0 aromatic rings. The minimum absolute atomic E-state index is 0. The first-order chi connectivity index (χ1) is 4.00. The summed E-state index contributed by atoms with van der Waals surface area (Å²) >= 11 is 0. The Morgan fingerprint density at radius 2 is 0.583 bits per heavy atom. The van der Waals surface area contributed by atoms with Crippen molar-refractivity contribution in [3.63, 3.8) is 0 Å². The summed E-state index contributed by atoms with van der Waals surface area (Å²) < 4.78 is 0. The van der Waals surface area contributed by atoms with Crippen LogP contribution < -0.4 is 29.6 Å². The zero-order valence-electron chi connectivity index (χ0n) is 7.08. The van der Waals surface area contributed by atoms with Gasteiger partial charge >= 0.3 is 47.7 Å². The molecule has 10 N–H and O–H groups in total. The van der Waals surface area contributed by atoms with Gasteiger partial charge in [-0.05, 0) is 0 Å². The van der Waals surface area contributed by atoms with Crippen LogP contribution >= 0.6 is 0 Å². The summed E-state index contributed by atoms with van der Waals surface area (Å²) in [6, 6.07) is 0. The van der Waals surface area contributed by atoms with Gasteiger partial charge in [0.2, 0.25) is 0 Å². The SMILES string of the molecule is O.O[Si](O)(O)O.O[Si](O)(O)O.[H-].[Na+]. The van der Waals surface area contributed by atoms with Gasteiger partial charge in [-0.2, -0.15) is 0 Å². The first-order valence-corrected chi connectivity index (χ1v) is 5.37. The van der Waals surface area contributed by atoms with E-state index in [1.54, 1.807) is 0 Å². The quantitative estimate of drug-likeness (QED) is 0.189. The average molecular weight is 234 g/mol. The molecule has 0 aromatic carbocycles. The van der Waals surface area contributed by atoms with Crippen molar-refractivity contribution in [3.8, 4) is 0 Å². The minimum Gasteiger partial charge on any atom is -1.00 e. The van der Waals surface area contributed by atoms with E-state index in [0.29, 0.717) is 0 Å². The van der Waals surface area contributed by atoms with E-state index in [9.17, 15) is 0 Å². The molecule has 12 heteroatoms. The van der Waals surface area contributed by atoms with Gasteiger partial charge in [-0.15, -0.1) is 0 Å². The first-order valence-electron chi connectivity index (χ1n) is 1.79. The van der Waals surface area contributed by atoms with Gasteiger partial charge in [-0.3, -0.25) is 0 Å². The van der Waals surface area contributed by atoms with Crippen LogP contribution in [0, 0.1) is 0 Å². The Kier molecular flexibility index (Phi) is 16.7. The molecule has 0 aliphatic rings. The topological polar surface area (TPSA) is 193 Å². The predicted molar refractivity (Wildman–Crippen MR) is 34.0 cm³/mol. The Bertz CT molecular complexity index is 60.6. The molecule has 0 fully saturated rings. The summed E-state index contributed by atoms with van der Waals surface area (Å²) in [7, 11) is -9.22. The third-order valence-corrected chi connectivity index (χ3v) is 0. The van der Waals surface area contributed by atoms with E-state index in [-0.39, 0.29) is 36.5 Å². The summed E-state index contributed by atoms with van der Waals surface area (Å²) in [4.78, 5) is 58.6. The van der Waals surface area contributed by atoms with Crippen molar-refractivity contribution in [1.82, 2.24) is 0 Å². The van der Waals surface area contributed by atoms with Crippen molar-refractivity contribution in [1.29, 1.82) is 0 Å². The molecule has 9 nitrogen and oxygen atoms in total. The average Bonchev–Trinajstić information content (AvgIpc) is 1.12. The largest absolute Gasteiger partial charge is 1.00 e. The van der Waals surface area contributed by atoms with Crippen LogP contribution in [0.5, 0.6) is 0 Å². The maximum absolute atomic E-state index is 7.33. The molecule has 0 aliphatic carbocycles. The second-order valence-corrected chi connectivity index (χ2v) is 3.60. The zero-order valence-corrected chi connectivity index (χ0v) is 10.1. The van der Waals surface area contributed by atoms with Crippen molar-refractivity contribution in [2.24, 2.45) is 0 Å². The summed E-state index contributed by atoms with van der Waals surface area (Å²) in [5, 5.41) is 0. The summed E-state index contributed by atoms with van der Waals surface area (Å²) in [5.41, 5.74) is 0. The van der Waals surface area contributed by atoms with Crippen molar-refractivity contribution in [2.75, 3.05) is 0 Å². The summed E-state index contributed by atoms with van der Waals surface area (Å²) in [6.07, 6.45) is 0. The number of hydrogen-bond donors (Lipinski definition) is 8. The molecule has 0 bridgehead atoms. The molecule has 12 heavy (non-hydrogen) atoms. The molecular weight excluding hydrogens is 223 g/mol. The van der Waals surface area contributed by atoms with Gasteiger partial charge in [-0.25, -0.2) is 0 Å². The Labute approximate surface area is 92.9 Å². The smallest absolute Gasteiger partial charge is 1.00 e. The molecule has 0 radical (unpaired) electrons.